The number of aromatic amines is 1. The SMILES string of the molecule is CN(Cc1ncn[nH]1)C(=O)c1cnccc1NN. The molecule has 0 spiro atoms. The monoisotopic (exact) mass is 247 g/mol. The third kappa shape index (κ3) is 2.43. The predicted molar refractivity (Wildman–Crippen MR) is 64.2 cm³/mol. The molecule has 94 valence electrons. The standard InChI is InChI=1S/C10H13N7O/c1-17(5-9-13-6-14-16-9)10(18)7-4-12-3-2-8(7)15-11/h2-4,6H,5,11H2,1H3,(H,12,15)(H,13,14,16). The van der Waals surface area contributed by atoms with Crippen molar-refractivity contribution >= 4 is 11.6 Å². The second-order valence-corrected chi connectivity index (χ2v) is 3.66. The lowest BCUT2D eigenvalue weighted by Crippen LogP contribution is -2.28. The third-order valence-corrected chi connectivity index (χ3v) is 2.41. The largest absolute Gasteiger partial charge is 0.334 e. The molecular formula is C10H13N7O. The van der Waals surface area contributed by atoms with Crippen LogP contribution in [0.2, 0.25) is 0 Å². The Balaban J connectivity index is 2.15. The molecular weight excluding hydrogens is 234 g/mol. The van der Waals surface area contributed by atoms with Gasteiger partial charge < -0.3 is 10.3 Å². The topological polar surface area (TPSA) is 113 Å². The number of rotatable bonds is 4. The maximum Gasteiger partial charge on any atom is 0.257 e. The lowest BCUT2D eigenvalue weighted by atomic mass is 10.2. The lowest BCUT2D eigenvalue weighted by molar-refractivity contribution is 0.0782. The molecule has 0 unspecified atom stereocenters. The van der Waals surface area contributed by atoms with E-state index >= 15 is 0 Å². The zero-order chi connectivity index (χ0) is 13.0. The molecule has 2 rings (SSSR count). The van der Waals surface area contributed by atoms with Gasteiger partial charge in [0.25, 0.3) is 5.91 Å². The highest BCUT2D eigenvalue weighted by atomic mass is 16.2. The van der Waals surface area contributed by atoms with Gasteiger partial charge in [-0.2, -0.15) is 5.10 Å². The molecule has 0 saturated heterocycles. The van der Waals surface area contributed by atoms with Gasteiger partial charge in [-0.15, -0.1) is 0 Å². The molecule has 0 atom stereocenters. The van der Waals surface area contributed by atoms with Gasteiger partial charge in [0, 0.05) is 19.4 Å². The maximum atomic E-state index is 12.2. The Morgan fingerprint density at radius 1 is 1.61 bits per heavy atom. The van der Waals surface area contributed by atoms with Gasteiger partial charge in [0.05, 0.1) is 17.8 Å². The van der Waals surface area contributed by atoms with Gasteiger partial charge in [-0.3, -0.25) is 20.7 Å². The van der Waals surface area contributed by atoms with E-state index in [0.29, 0.717) is 23.6 Å². The van der Waals surface area contributed by atoms with E-state index in [-0.39, 0.29) is 5.91 Å². The van der Waals surface area contributed by atoms with Crippen LogP contribution >= 0.6 is 0 Å². The van der Waals surface area contributed by atoms with E-state index in [1.165, 1.54) is 17.4 Å². The van der Waals surface area contributed by atoms with Gasteiger partial charge in [-0.05, 0) is 6.07 Å². The fourth-order valence-corrected chi connectivity index (χ4v) is 1.50. The Morgan fingerprint density at radius 3 is 3.11 bits per heavy atom. The van der Waals surface area contributed by atoms with Gasteiger partial charge in [-0.1, -0.05) is 0 Å². The summed E-state index contributed by atoms with van der Waals surface area (Å²) in [7, 11) is 1.66. The van der Waals surface area contributed by atoms with Crippen molar-refractivity contribution in [1.29, 1.82) is 0 Å². The van der Waals surface area contributed by atoms with Crippen molar-refractivity contribution in [3.05, 3.63) is 36.2 Å². The molecule has 8 nitrogen and oxygen atoms in total. The first-order chi connectivity index (χ1) is 8.72. The van der Waals surface area contributed by atoms with Crippen LogP contribution in [0.5, 0.6) is 0 Å². The van der Waals surface area contributed by atoms with Crippen molar-refractivity contribution in [1.82, 2.24) is 25.1 Å². The summed E-state index contributed by atoms with van der Waals surface area (Å²) < 4.78 is 0. The quantitative estimate of drug-likeness (QED) is 0.507. The third-order valence-electron chi connectivity index (χ3n) is 2.41. The number of hydrogen-bond acceptors (Lipinski definition) is 6. The van der Waals surface area contributed by atoms with E-state index in [4.69, 9.17) is 5.84 Å². The molecule has 0 aliphatic rings. The number of pyridine rings is 1. The van der Waals surface area contributed by atoms with Crippen molar-refractivity contribution < 1.29 is 4.79 Å². The Bertz CT molecular complexity index is 525. The molecule has 0 radical (unpaired) electrons. The van der Waals surface area contributed by atoms with E-state index in [9.17, 15) is 4.79 Å². The second kappa shape index (κ2) is 5.23. The Kier molecular flexibility index (Phi) is 3.49. The molecule has 1 amide bonds. The van der Waals surface area contributed by atoms with Gasteiger partial charge in [0.1, 0.15) is 12.2 Å². The first-order valence-corrected chi connectivity index (χ1v) is 5.22. The minimum atomic E-state index is -0.201. The summed E-state index contributed by atoms with van der Waals surface area (Å²) in [6, 6.07) is 1.63. The molecule has 2 heterocycles. The van der Waals surface area contributed by atoms with Crippen LogP contribution in [-0.2, 0) is 6.54 Å². The molecule has 0 fully saturated rings. The van der Waals surface area contributed by atoms with Gasteiger partial charge >= 0.3 is 0 Å². The summed E-state index contributed by atoms with van der Waals surface area (Å²) in [6.45, 7) is 0.331. The van der Waals surface area contributed by atoms with Crippen LogP contribution in [0, 0.1) is 0 Å². The number of nitrogens with two attached hydrogens (primary N) is 1. The van der Waals surface area contributed by atoms with Crippen LogP contribution in [0.25, 0.3) is 0 Å². The Labute approximate surface area is 103 Å². The Morgan fingerprint density at radius 2 is 2.44 bits per heavy atom. The molecule has 2 aromatic rings. The van der Waals surface area contributed by atoms with Crippen LogP contribution in [0.4, 0.5) is 5.69 Å². The summed E-state index contributed by atoms with van der Waals surface area (Å²) in [5.41, 5.74) is 3.40. The zero-order valence-electron chi connectivity index (χ0n) is 9.79. The van der Waals surface area contributed by atoms with E-state index < -0.39 is 0 Å². The highest BCUT2D eigenvalue weighted by Gasteiger charge is 2.16. The number of aromatic nitrogens is 4. The maximum absolute atomic E-state index is 12.2. The second-order valence-electron chi connectivity index (χ2n) is 3.66. The van der Waals surface area contributed by atoms with Gasteiger partial charge in [-0.25, -0.2) is 4.98 Å². The number of H-pyrrole nitrogens is 1. The lowest BCUT2D eigenvalue weighted by Gasteiger charge is -2.17. The van der Waals surface area contributed by atoms with E-state index in [1.807, 2.05) is 0 Å². The number of nitrogen functional groups attached to an aromatic ring is 1. The van der Waals surface area contributed by atoms with Crippen molar-refractivity contribution in [2.75, 3.05) is 12.5 Å². The predicted octanol–water partition coefficient (Wildman–Crippen LogP) is -0.243. The highest BCUT2D eigenvalue weighted by molar-refractivity contribution is 5.98. The summed E-state index contributed by atoms with van der Waals surface area (Å²) in [5.74, 6) is 5.75. The van der Waals surface area contributed by atoms with E-state index in [2.05, 4.69) is 25.6 Å². The fraction of sp³-hybridized carbons (Fsp3) is 0.200. The summed E-state index contributed by atoms with van der Waals surface area (Å²) in [6.07, 6.45) is 4.42. The fourth-order valence-electron chi connectivity index (χ4n) is 1.50. The van der Waals surface area contributed by atoms with Gasteiger partial charge in [0.2, 0.25) is 0 Å². The Hall–Kier alpha value is -2.48. The molecule has 0 aliphatic carbocycles. The number of nitrogens with one attached hydrogen (secondary N) is 2. The number of anilines is 1. The number of hydrogen-bond donors (Lipinski definition) is 3. The smallest absolute Gasteiger partial charge is 0.257 e. The summed E-state index contributed by atoms with van der Waals surface area (Å²) >= 11 is 0. The van der Waals surface area contributed by atoms with Crippen molar-refractivity contribution in [2.24, 2.45) is 5.84 Å². The van der Waals surface area contributed by atoms with Crippen LogP contribution in [-0.4, -0.2) is 38.0 Å². The molecule has 4 N–H and O–H groups in total. The number of carbonyl (C=O) groups excluding carboxylic acids is 1. The first kappa shape index (κ1) is 12.0. The molecule has 18 heavy (non-hydrogen) atoms. The van der Waals surface area contributed by atoms with Crippen molar-refractivity contribution in [3.63, 3.8) is 0 Å². The molecule has 2 aromatic heterocycles. The number of amides is 1. The number of carbonyl (C=O) groups is 1. The van der Waals surface area contributed by atoms with Gasteiger partial charge in [0.15, 0.2) is 0 Å². The first-order valence-electron chi connectivity index (χ1n) is 5.22. The van der Waals surface area contributed by atoms with Crippen molar-refractivity contribution in [3.8, 4) is 0 Å². The minimum Gasteiger partial charge on any atom is -0.334 e. The zero-order valence-corrected chi connectivity index (χ0v) is 9.79. The molecule has 0 aliphatic heterocycles. The van der Waals surface area contributed by atoms with Crippen molar-refractivity contribution in [2.45, 2.75) is 6.54 Å². The highest BCUT2D eigenvalue weighted by Crippen LogP contribution is 2.14. The normalized spacial score (nSPS) is 10.1. The minimum absolute atomic E-state index is 0.201. The van der Waals surface area contributed by atoms with Crippen LogP contribution in [0.3, 0.4) is 0 Å². The molecule has 0 bridgehead atoms. The molecule has 0 saturated carbocycles. The number of nitrogens with zero attached hydrogens (tertiary/aromatic N) is 4. The van der Waals surface area contributed by atoms with Crippen LogP contribution in [0.1, 0.15) is 16.2 Å². The summed E-state index contributed by atoms with van der Waals surface area (Å²) in [4.78, 5) is 21.6. The molecule has 8 heteroatoms. The average molecular weight is 247 g/mol. The average Bonchev–Trinajstić information content (AvgIpc) is 2.90. The summed E-state index contributed by atoms with van der Waals surface area (Å²) in [5, 5.41) is 6.41. The van der Waals surface area contributed by atoms with Crippen LogP contribution in [0.15, 0.2) is 24.8 Å². The number of hydrazine groups is 1. The molecule has 0 aromatic carbocycles. The van der Waals surface area contributed by atoms with Crippen LogP contribution < -0.4 is 11.3 Å². The van der Waals surface area contributed by atoms with E-state index in [0.717, 1.165) is 0 Å². The van der Waals surface area contributed by atoms with E-state index in [1.54, 1.807) is 19.3 Å².